The summed E-state index contributed by atoms with van der Waals surface area (Å²) in [5.41, 5.74) is 0. The van der Waals surface area contributed by atoms with Crippen LogP contribution in [0.5, 0.6) is 0 Å². The summed E-state index contributed by atoms with van der Waals surface area (Å²) in [6.07, 6.45) is 4.62. The van der Waals surface area contributed by atoms with E-state index in [9.17, 15) is 4.79 Å². The van der Waals surface area contributed by atoms with E-state index in [1.54, 1.807) is 11.8 Å². The Bertz CT molecular complexity index is 227. The summed E-state index contributed by atoms with van der Waals surface area (Å²) < 4.78 is 0. The number of nitrogens with zero attached hydrogens (tertiary/aromatic N) is 1. The lowest BCUT2D eigenvalue weighted by molar-refractivity contribution is -0.120. The van der Waals surface area contributed by atoms with Crippen molar-refractivity contribution >= 4 is 17.7 Å². The molecule has 1 saturated carbocycles. The number of amides is 1. The molecule has 1 aliphatic rings. The zero-order valence-corrected chi connectivity index (χ0v) is 11.6. The third-order valence-corrected chi connectivity index (χ3v) is 3.99. The Morgan fingerprint density at radius 1 is 1.44 bits per heavy atom. The van der Waals surface area contributed by atoms with Crippen LogP contribution < -0.4 is 5.32 Å². The summed E-state index contributed by atoms with van der Waals surface area (Å²) in [5, 5.41) is 3.06. The Hall–Kier alpha value is -0.220. The molecule has 3 nitrogen and oxygen atoms in total. The van der Waals surface area contributed by atoms with Crippen LogP contribution in [-0.2, 0) is 4.79 Å². The van der Waals surface area contributed by atoms with Crippen LogP contribution in [0.1, 0.15) is 33.6 Å². The van der Waals surface area contributed by atoms with Crippen LogP contribution in [0.25, 0.3) is 0 Å². The fraction of sp³-hybridized carbons (Fsp3) is 0.917. The first-order valence-corrected chi connectivity index (χ1v) is 7.41. The molecule has 0 heterocycles. The second-order valence-electron chi connectivity index (χ2n) is 4.73. The molecule has 16 heavy (non-hydrogen) atoms. The van der Waals surface area contributed by atoms with Gasteiger partial charge in [-0.15, -0.1) is 0 Å². The van der Waals surface area contributed by atoms with Gasteiger partial charge in [-0.2, -0.15) is 11.8 Å². The molecule has 0 bridgehead atoms. The third kappa shape index (κ3) is 4.34. The molecule has 0 radical (unpaired) electrons. The summed E-state index contributed by atoms with van der Waals surface area (Å²) in [4.78, 5) is 14.1. The molecule has 4 heteroatoms. The van der Waals surface area contributed by atoms with Crippen molar-refractivity contribution < 1.29 is 4.79 Å². The molecule has 0 saturated heterocycles. The molecule has 1 rings (SSSR count). The fourth-order valence-corrected chi connectivity index (χ4v) is 2.12. The van der Waals surface area contributed by atoms with Crippen LogP contribution in [0.2, 0.25) is 0 Å². The normalized spacial score (nSPS) is 17.9. The summed E-state index contributed by atoms with van der Waals surface area (Å²) in [6.45, 7) is 8.16. The average Bonchev–Trinajstić information content (AvgIpc) is 3.06. The summed E-state index contributed by atoms with van der Waals surface area (Å²) in [5.74, 6) is 0.159. The van der Waals surface area contributed by atoms with Gasteiger partial charge in [0.15, 0.2) is 0 Å². The van der Waals surface area contributed by atoms with Gasteiger partial charge < -0.3 is 5.32 Å². The lowest BCUT2D eigenvalue weighted by Crippen LogP contribution is -2.41. The van der Waals surface area contributed by atoms with Crippen molar-refractivity contribution in [2.45, 2.75) is 50.9 Å². The minimum atomic E-state index is 0.0634. The number of carbonyl (C=O) groups is 1. The quantitative estimate of drug-likeness (QED) is 0.740. The average molecular weight is 244 g/mol. The van der Waals surface area contributed by atoms with E-state index in [4.69, 9.17) is 0 Å². The summed E-state index contributed by atoms with van der Waals surface area (Å²) in [7, 11) is 0. The van der Waals surface area contributed by atoms with Gasteiger partial charge in [0, 0.05) is 25.2 Å². The highest BCUT2D eigenvalue weighted by molar-refractivity contribution is 7.99. The second-order valence-corrected chi connectivity index (χ2v) is 5.91. The van der Waals surface area contributed by atoms with Crippen molar-refractivity contribution in [3.63, 3.8) is 0 Å². The zero-order valence-electron chi connectivity index (χ0n) is 10.8. The van der Waals surface area contributed by atoms with E-state index in [0.29, 0.717) is 6.04 Å². The molecule has 0 aromatic heterocycles. The SMILES string of the molecule is CSC(C)C(=O)NCCN(C(C)C)C1CC1. The van der Waals surface area contributed by atoms with Crippen LogP contribution in [0, 0.1) is 0 Å². The Morgan fingerprint density at radius 3 is 2.50 bits per heavy atom. The molecule has 0 aromatic rings. The monoisotopic (exact) mass is 244 g/mol. The standard InChI is InChI=1S/C12H24N2OS/c1-9(2)14(11-5-6-11)8-7-13-12(15)10(3)16-4/h9-11H,5-8H2,1-4H3,(H,13,15). The molecule has 1 atom stereocenters. The van der Waals surface area contributed by atoms with Gasteiger partial charge in [-0.1, -0.05) is 0 Å². The lowest BCUT2D eigenvalue weighted by Gasteiger charge is -2.26. The highest BCUT2D eigenvalue weighted by Crippen LogP contribution is 2.27. The molecule has 1 fully saturated rings. The summed E-state index contributed by atoms with van der Waals surface area (Å²) in [6, 6.07) is 1.36. The van der Waals surface area contributed by atoms with E-state index in [1.165, 1.54) is 12.8 Å². The van der Waals surface area contributed by atoms with Gasteiger partial charge in [0.25, 0.3) is 0 Å². The number of hydrogen-bond donors (Lipinski definition) is 1. The van der Waals surface area contributed by atoms with Crippen molar-refractivity contribution in [2.24, 2.45) is 0 Å². The van der Waals surface area contributed by atoms with Crippen molar-refractivity contribution in [3.05, 3.63) is 0 Å². The van der Waals surface area contributed by atoms with E-state index in [1.807, 2.05) is 13.2 Å². The van der Waals surface area contributed by atoms with Gasteiger partial charge >= 0.3 is 0 Å². The van der Waals surface area contributed by atoms with E-state index in [2.05, 4.69) is 24.1 Å². The van der Waals surface area contributed by atoms with Gasteiger partial charge in [-0.05, 0) is 39.9 Å². The molecule has 0 spiro atoms. The molecule has 0 aromatic carbocycles. The largest absolute Gasteiger partial charge is 0.354 e. The van der Waals surface area contributed by atoms with Crippen LogP contribution in [0.3, 0.4) is 0 Å². The van der Waals surface area contributed by atoms with Crippen LogP contribution in [-0.4, -0.2) is 47.5 Å². The number of rotatable bonds is 7. The van der Waals surface area contributed by atoms with Crippen molar-refractivity contribution in [2.75, 3.05) is 19.3 Å². The molecular weight excluding hydrogens is 220 g/mol. The molecular formula is C12H24N2OS. The Labute approximate surface area is 103 Å². The van der Waals surface area contributed by atoms with Crippen LogP contribution in [0.4, 0.5) is 0 Å². The van der Waals surface area contributed by atoms with E-state index in [0.717, 1.165) is 19.1 Å². The predicted molar refractivity (Wildman–Crippen MR) is 70.9 cm³/mol. The minimum Gasteiger partial charge on any atom is -0.354 e. The van der Waals surface area contributed by atoms with Crippen molar-refractivity contribution in [3.8, 4) is 0 Å². The molecule has 94 valence electrons. The van der Waals surface area contributed by atoms with Crippen LogP contribution >= 0.6 is 11.8 Å². The highest BCUT2D eigenvalue weighted by atomic mass is 32.2. The number of hydrogen-bond acceptors (Lipinski definition) is 3. The molecule has 1 aliphatic carbocycles. The molecule has 1 amide bonds. The van der Waals surface area contributed by atoms with Gasteiger partial charge in [0.2, 0.25) is 5.91 Å². The topological polar surface area (TPSA) is 32.3 Å². The molecule has 1 unspecified atom stereocenters. The number of carbonyl (C=O) groups excluding carboxylic acids is 1. The van der Waals surface area contributed by atoms with Gasteiger partial charge in [-0.25, -0.2) is 0 Å². The van der Waals surface area contributed by atoms with Crippen LogP contribution in [0.15, 0.2) is 0 Å². The first-order chi connectivity index (χ1) is 7.56. The maximum absolute atomic E-state index is 11.6. The first-order valence-electron chi connectivity index (χ1n) is 6.12. The molecule has 1 N–H and O–H groups in total. The highest BCUT2D eigenvalue weighted by Gasteiger charge is 2.30. The smallest absolute Gasteiger partial charge is 0.232 e. The second kappa shape index (κ2) is 6.50. The first kappa shape index (κ1) is 13.8. The Balaban J connectivity index is 2.20. The summed E-state index contributed by atoms with van der Waals surface area (Å²) >= 11 is 1.59. The predicted octanol–water partition coefficient (Wildman–Crippen LogP) is 1.73. The van der Waals surface area contributed by atoms with Gasteiger partial charge in [-0.3, -0.25) is 9.69 Å². The van der Waals surface area contributed by atoms with Crippen molar-refractivity contribution in [1.82, 2.24) is 10.2 Å². The van der Waals surface area contributed by atoms with E-state index in [-0.39, 0.29) is 11.2 Å². The minimum absolute atomic E-state index is 0.0634. The third-order valence-electron chi connectivity index (χ3n) is 3.07. The number of thioether (sulfide) groups is 1. The molecule has 0 aliphatic heterocycles. The lowest BCUT2D eigenvalue weighted by atomic mass is 10.3. The maximum Gasteiger partial charge on any atom is 0.232 e. The van der Waals surface area contributed by atoms with E-state index < -0.39 is 0 Å². The van der Waals surface area contributed by atoms with Gasteiger partial charge in [0.05, 0.1) is 5.25 Å². The van der Waals surface area contributed by atoms with E-state index >= 15 is 0 Å². The van der Waals surface area contributed by atoms with Gasteiger partial charge in [0.1, 0.15) is 0 Å². The Kier molecular flexibility index (Phi) is 5.62. The number of nitrogens with one attached hydrogen (secondary N) is 1. The fourth-order valence-electron chi connectivity index (χ4n) is 1.83. The Morgan fingerprint density at radius 2 is 2.06 bits per heavy atom. The zero-order chi connectivity index (χ0) is 12.1. The van der Waals surface area contributed by atoms with Crippen molar-refractivity contribution in [1.29, 1.82) is 0 Å². The maximum atomic E-state index is 11.6.